The van der Waals surface area contributed by atoms with Crippen LogP contribution in [0.15, 0.2) is 42.5 Å². The first-order valence-corrected chi connectivity index (χ1v) is 7.78. The molecule has 0 saturated carbocycles. The fraction of sp³-hybridized carbons (Fsp3) is 0.176. The second-order valence-electron chi connectivity index (χ2n) is 5.14. The molecule has 112 valence electrons. The normalized spacial score (nSPS) is 10.6. The van der Waals surface area contributed by atoms with E-state index in [1.165, 1.54) is 16.9 Å². The zero-order valence-electron chi connectivity index (χ0n) is 12.4. The molecule has 0 aliphatic heterocycles. The first-order valence-electron chi connectivity index (χ1n) is 6.97. The highest BCUT2D eigenvalue weighted by molar-refractivity contribution is 7.22. The van der Waals surface area contributed by atoms with Crippen LogP contribution in [0.25, 0.3) is 10.2 Å². The van der Waals surface area contributed by atoms with E-state index in [2.05, 4.69) is 16.4 Å². The number of nitrogens with one attached hydrogen (secondary N) is 1. The lowest BCUT2D eigenvalue weighted by Gasteiger charge is -2.05. The Kier molecular flexibility index (Phi) is 4.06. The fourth-order valence-corrected chi connectivity index (χ4v) is 3.00. The number of anilines is 1. The molecule has 0 saturated heterocycles. The number of nitrogens with zero attached hydrogens (tertiary/aromatic N) is 1. The molecule has 3 rings (SSSR count). The average Bonchev–Trinajstić information content (AvgIpc) is 2.88. The van der Waals surface area contributed by atoms with Crippen LogP contribution in [0.3, 0.4) is 0 Å². The van der Waals surface area contributed by atoms with E-state index in [1.54, 1.807) is 0 Å². The zero-order valence-corrected chi connectivity index (χ0v) is 13.2. The zero-order chi connectivity index (χ0) is 15.5. The summed E-state index contributed by atoms with van der Waals surface area (Å²) in [4.78, 5) is 16.3. The number of aryl methyl sites for hydroxylation is 2. The van der Waals surface area contributed by atoms with Gasteiger partial charge in [-0.25, -0.2) is 4.98 Å². The third kappa shape index (κ3) is 3.43. The molecule has 1 aromatic heterocycles. The molecule has 1 heterocycles. The summed E-state index contributed by atoms with van der Waals surface area (Å²) in [5.74, 6) is 0.469. The summed E-state index contributed by atoms with van der Waals surface area (Å²) in [6.07, 6.45) is 0. The number of benzene rings is 2. The number of amides is 1. The highest BCUT2D eigenvalue weighted by Crippen LogP contribution is 2.26. The number of thiazole rings is 1. The number of hydrogen-bond donors (Lipinski definition) is 1. The number of hydrogen-bond acceptors (Lipinski definition) is 4. The van der Waals surface area contributed by atoms with E-state index in [0.29, 0.717) is 10.9 Å². The molecule has 0 aliphatic carbocycles. The predicted octanol–water partition coefficient (Wildman–Crippen LogP) is 3.93. The SMILES string of the molecule is Cc1ccc(OCC(=O)Nc2nc3ccc(C)cc3s2)cc1. The van der Waals surface area contributed by atoms with Crippen molar-refractivity contribution in [2.75, 3.05) is 11.9 Å². The Morgan fingerprint density at radius 2 is 1.86 bits per heavy atom. The fourth-order valence-electron chi connectivity index (χ4n) is 2.02. The van der Waals surface area contributed by atoms with Gasteiger partial charge >= 0.3 is 0 Å². The second kappa shape index (κ2) is 6.15. The van der Waals surface area contributed by atoms with Gasteiger partial charge in [0.1, 0.15) is 5.75 Å². The van der Waals surface area contributed by atoms with Crippen molar-refractivity contribution in [3.63, 3.8) is 0 Å². The Balaban J connectivity index is 1.61. The largest absolute Gasteiger partial charge is 0.484 e. The van der Waals surface area contributed by atoms with Crippen molar-refractivity contribution in [2.45, 2.75) is 13.8 Å². The molecule has 0 aliphatic rings. The molecule has 5 heteroatoms. The molecule has 0 spiro atoms. The molecule has 0 atom stereocenters. The summed E-state index contributed by atoms with van der Waals surface area (Å²) in [6, 6.07) is 13.6. The third-order valence-electron chi connectivity index (χ3n) is 3.18. The molecule has 22 heavy (non-hydrogen) atoms. The minimum atomic E-state index is -0.212. The van der Waals surface area contributed by atoms with Gasteiger partial charge in [-0.15, -0.1) is 0 Å². The van der Waals surface area contributed by atoms with Gasteiger partial charge in [0.05, 0.1) is 10.2 Å². The average molecular weight is 312 g/mol. The minimum Gasteiger partial charge on any atom is -0.484 e. The van der Waals surface area contributed by atoms with Crippen LogP contribution in [0, 0.1) is 13.8 Å². The maximum absolute atomic E-state index is 11.9. The van der Waals surface area contributed by atoms with Crippen LogP contribution in [-0.2, 0) is 4.79 Å². The number of aromatic nitrogens is 1. The van der Waals surface area contributed by atoms with E-state index in [-0.39, 0.29) is 12.5 Å². The van der Waals surface area contributed by atoms with Crippen LogP contribution < -0.4 is 10.1 Å². The van der Waals surface area contributed by atoms with Crippen molar-refractivity contribution >= 4 is 32.6 Å². The Morgan fingerprint density at radius 1 is 1.14 bits per heavy atom. The summed E-state index contributed by atoms with van der Waals surface area (Å²) < 4.78 is 6.52. The molecule has 1 N–H and O–H groups in total. The molecule has 0 bridgehead atoms. The second-order valence-corrected chi connectivity index (χ2v) is 6.17. The summed E-state index contributed by atoms with van der Waals surface area (Å²) >= 11 is 1.46. The highest BCUT2D eigenvalue weighted by Gasteiger charge is 2.08. The van der Waals surface area contributed by atoms with E-state index in [9.17, 15) is 4.79 Å². The molecule has 1 amide bonds. The number of rotatable bonds is 4. The number of carbonyl (C=O) groups is 1. The maximum Gasteiger partial charge on any atom is 0.264 e. The molecule has 0 unspecified atom stereocenters. The van der Waals surface area contributed by atoms with Crippen LogP contribution in [0.1, 0.15) is 11.1 Å². The molecule has 0 fully saturated rings. The van der Waals surface area contributed by atoms with Crippen LogP contribution in [0.2, 0.25) is 0 Å². The lowest BCUT2D eigenvalue weighted by Crippen LogP contribution is -2.19. The van der Waals surface area contributed by atoms with E-state index in [0.717, 1.165) is 15.8 Å². The van der Waals surface area contributed by atoms with Gasteiger partial charge in [-0.2, -0.15) is 0 Å². The van der Waals surface area contributed by atoms with Crippen LogP contribution in [0.4, 0.5) is 5.13 Å². The van der Waals surface area contributed by atoms with Crippen molar-refractivity contribution in [3.8, 4) is 5.75 Å². The van der Waals surface area contributed by atoms with Crippen LogP contribution in [0.5, 0.6) is 5.75 Å². The van der Waals surface area contributed by atoms with Gasteiger partial charge in [0, 0.05) is 0 Å². The molecule has 0 radical (unpaired) electrons. The van der Waals surface area contributed by atoms with Crippen molar-refractivity contribution < 1.29 is 9.53 Å². The van der Waals surface area contributed by atoms with Crippen molar-refractivity contribution in [3.05, 3.63) is 53.6 Å². The van der Waals surface area contributed by atoms with Gasteiger partial charge in [0.2, 0.25) is 0 Å². The van der Waals surface area contributed by atoms with E-state index in [4.69, 9.17) is 4.74 Å². The minimum absolute atomic E-state index is 0.0297. The molecule has 3 aromatic rings. The van der Waals surface area contributed by atoms with Gasteiger partial charge in [0.25, 0.3) is 5.91 Å². The molecule has 4 nitrogen and oxygen atoms in total. The first-order chi connectivity index (χ1) is 10.6. The summed E-state index contributed by atoms with van der Waals surface area (Å²) in [5.41, 5.74) is 3.23. The van der Waals surface area contributed by atoms with Crippen molar-refractivity contribution in [1.82, 2.24) is 4.98 Å². The standard InChI is InChI=1S/C17H16N2O2S/c1-11-3-6-13(7-4-11)21-10-16(20)19-17-18-14-8-5-12(2)9-15(14)22-17/h3-9H,10H2,1-2H3,(H,18,19,20). The number of carbonyl (C=O) groups excluding carboxylic acids is 1. The van der Waals surface area contributed by atoms with E-state index in [1.807, 2.05) is 50.2 Å². The van der Waals surface area contributed by atoms with Gasteiger partial charge in [-0.3, -0.25) is 10.1 Å². The number of fused-ring (bicyclic) bond motifs is 1. The highest BCUT2D eigenvalue weighted by atomic mass is 32.1. The lowest BCUT2D eigenvalue weighted by molar-refractivity contribution is -0.118. The lowest BCUT2D eigenvalue weighted by atomic mass is 10.2. The predicted molar refractivity (Wildman–Crippen MR) is 89.7 cm³/mol. The smallest absolute Gasteiger partial charge is 0.264 e. The Bertz CT molecular complexity index is 809. The molecule has 2 aromatic carbocycles. The van der Waals surface area contributed by atoms with Gasteiger partial charge in [0.15, 0.2) is 11.7 Å². The Morgan fingerprint density at radius 3 is 2.64 bits per heavy atom. The number of ether oxygens (including phenoxy) is 1. The van der Waals surface area contributed by atoms with Crippen molar-refractivity contribution in [1.29, 1.82) is 0 Å². The van der Waals surface area contributed by atoms with E-state index < -0.39 is 0 Å². The summed E-state index contributed by atoms with van der Waals surface area (Å²) in [6.45, 7) is 4.01. The van der Waals surface area contributed by atoms with Crippen LogP contribution in [-0.4, -0.2) is 17.5 Å². The summed E-state index contributed by atoms with van der Waals surface area (Å²) in [7, 11) is 0. The topological polar surface area (TPSA) is 51.2 Å². The quantitative estimate of drug-likeness (QED) is 0.794. The Hall–Kier alpha value is -2.40. The van der Waals surface area contributed by atoms with Gasteiger partial charge in [-0.05, 0) is 43.7 Å². The molecular formula is C17H16N2O2S. The van der Waals surface area contributed by atoms with Crippen LogP contribution >= 0.6 is 11.3 Å². The van der Waals surface area contributed by atoms with Gasteiger partial charge in [-0.1, -0.05) is 35.1 Å². The van der Waals surface area contributed by atoms with Gasteiger partial charge < -0.3 is 4.74 Å². The first kappa shape index (κ1) is 14.5. The van der Waals surface area contributed by atoms with E-state index >= 15 is 0 Å². The Labute approximate surface area is 132 Å². The molecular weight excluding hydrogens is 296 g/mol. The maximum atomic E-state index is 11.9. The third-order valence-corrected chi connectivity index (χ3v) is 4.11. The summed E-state index contributed by atoms with van der Waals surface area (Å²) in [5, 5.41) is 3.37. The van der Waals surface area contributed by atoms with Crippen molar-refractivity contribution in [2.24, 2.45) is 0 Å². The monoisotopic (exact) mass is 312 g/mol.